The maximum Gasteiger partial charge on any atom is 0.374 e. The Morgan fingerprint density at radius 1 is 1.15 bits per heavy atom. The summed E-state index contributed by atoms with van der Waals surface area (Å²) in [7, 11) is 3.56. The second-order valence-corrected chi connectivity index (χ2v) is 5.85. The summed E-state index contributed by atoms with van der Waals surface area (Å²) in [5.41, 5.74) is 2.31. The van der Waals surface area contributed by atoms with E-state index in [-0.39, 0.29) is 11.3 Å². The Kier molecular flexibility index (Phi) is 4.50. The Morgan fingerprint density at radius 3 is 2.27 bits per heavy atom. The van der Waals surface area contributed by atoms with Gasteiger partial charge in [-0.05, 0) is 25.1 Å². The second-order valence-electron chi connectivity index (χ2n) is 5.85. The van der Waals surface area contributed by atoms with Crippen LogP contribution in [0.15, 0.2) is 52.4 Å². The lowest BCUT2D eigenvalue weighted by Crippen LogP contribution is -2.27. The number of rotatable bonds is 4. The van der Waals surface area contributed by atoms with Crippen molar-refractivity contribution >= 4 is 23.1 Å². The molecule has 1 aliphatic rings. The molecule has 2 aromatic rings. The molecular weight excluding hydrogens is 334 g/mol. The number of fused-ring (bicyclic) bond motifs is 1. The lowest BCUT2D eigenvalue weighted by Gasteiger charge is -2.19. The van der Waals surface area contributed by atoms with Crippen molar-refractivity contribution in [1.29, 1.82) is 5.26 Å². The molecule has 26 heavy (non-hydrogen) atoms. The number of anilines is 2. The molecule has 0 amide bonds. The summed E-state index contributed by atoms with van der Waals surface area (Å²) < 4.78 is 10.1. The van der Waals surface area contributed by atoms with E-state index in [2.05, 4.69) is 0 Å². The minimum absolute atomic E-state index is 0.0477. The van der Waals surface area contributed by atoms with E-state index in [9.17, 15) is 14.9 Å². The van der Waals surface area contributed by atoms with Crippen LogP contribution in [-0.4, -0.2) is 32.5 Å². The first-order valence-electron chi connectivity index (χ1n) is 7.91. The predicted octanol–water partition coefficient (Wildman–Crippen LogP) is 2.64. The van der Waals surface area contributed by atoms with Gasteiger partial charge in [0.15, 0.2) is 6.61 Å². The third-order valence-electron chi connectivity index (χ3n) is 4.24. The molecule has 7 heteroatoms. The van der Waals surface area contributed by atoms with Gasteiger partial charge in [0.25, 0.3) is 0 Å². The fourth-order valence-electron chi connectivity index (χ4n) is 2.91. The standard InChI is InChI=1S/C19H17N3O4/c1-12-8-9-25-17(12)19(24)26-11-16(23)13(10-20)18-21(2)14-6-4-5-7-15(14)22(18)3/h4-9H,11H2,1-3H3. The normalized spacial score (nSPS) is 12.6. The van der Waals surface area contributed by atoms with E-state index in [1.54, 1.807) is 36.9 Å². The van der Waals surface area contributed by atoms with Crippen LogP contribution in [0.5, 0.6) is 0 Å². The molecule has 0 atom stereocenters. The summed E-state index contributed by atoms with van der Waals surface area (Å²) in [5.74, 6) is -0.818. The molecule has 2 heterocycles. The Balaban J connectivity index is 1.82. The molecule has 3 rings (SSSR count). The van der Waals surface area contributed by atoms with Gasteiger partial charge in [-0.25, -0.2) is 4.79 Å². The lowest BCUT2D eigenvalue weighted by atomic mass is 10.2. The van der Waals surface area contributed by atoms with Crippen molar-refractivity contribution in [1.82, 2.24) is 0 Å². The van der Waals surface area contributed by atoms with E-state index in [4.69, 9.17) is 9.15 Å². The molecule has 7 nitrogen and oxygen atoms in total. The quantitative estimate of drug-likeness (QED) is 0.475. The van der Waals surface area contributed by atoms with Gasteiger partial charge in [0, 0.05) is 19.7 Å². The van der Waals surface area contributed by atoms with E-state index in [1.165, 1.54) is 6.26 Å². The molecule has 0 unspecified atom stereocenters. The topological polar surface area (TPSA) is 86.8 Å². The number of ketones is 1. The maximum atomic E-state index is 12.5. The summed E-state index contributed by atoms with van der Waals surface area (Å²) in [6.07, 6.45) is 1.37. The lowest BCUT2D eigenvalue weighted by molar-refractivity contribution is -0.118. The minimum atomic E-state index is -0.737. The van der Waals surface area contributed by atoms with Gasteiger partial charge in [-0.15, -0.1) is 0 Å². The molecule has 0 saturated carbocycles. The Morgan fingerprint density at radius 2 is 1.77 bits per heavy atom. The SMILES string of the molecule is Cc1ccoc1C(=O)OCC(=O)C(C#N)=C1N(C)c2ccccc2N1C. The number of carbonyl (C=O) groups is 2. The maximum absolute atomic E-state index is 12.5. The van der Waals surface area contributed by atoms with Gasteiger partial charge in [0.1, 0.15) is 17.5 Å². The number of aryl methyl sites for hydroxylation is 1. The first-order valence-corrected chi connectivity index (χ1v) is 7.91. The highest BCUT2D eigenvalue weighted by molar-refractivity contribution is 6.04. The fourth-order valence-corrected chi connectivity index (χ4v) is 2.91. The molecular formula is C19H17N3O4. The van der Waals surface area contributed by atoms with Gasteiger partial charge in [-0.2, -0.15) is 5.26 Å². The Labute approximate surface area is 150 Å². The van der Waals surface area contributed by atoms with Gasteiger partial charge in [0.05, 0.1) is 17.6 Å². The molecule has 0 saturated heterocycles. The van der Waals surface area contributed by atoms with Crippen molar-refractivity contribution in [3.05, 3.63) is 59.3 Å². The molecule has 1 aliphatic heterocycles. The van der Waals surface area contributed by atoms with Gasteiger partial charge >= 0.3 is 5.97 Å². The zero-order valence-corrected chi connectivity index (χ0v) is 14.6. The number of benzene rings is 1. The number of ether oxygens (including phenoxy) is 1. The molecule has 132 valence electrons. The predicted molar refractivity (Wildman–Crippen MR) is 94.6 cm³/mol. The number of carbonyl (C=O) groups excluding carboxylic acids is 2. The highest BCUT2D eigenvalue weighted by atomic mass is 16.5. The Bertz CT molecular complexity index is 921. The summed E-state index contributed by atoms with van der Waals surface area (Å²) in [6, 6.07) is 11.1. The monoisotopic (exact) mass is 351 g/mol. The van der Waals surface area contributed by atoms with Crippen LogP contribution in [-0.2, 0) is 9.53 Å². The number of Topliss-reactive ketones (excluding diaryl/α,β-unsaturated/α-hetero) is 1. The molecule has 0 fully saturated rings. The van der Waals surface area contributed by atoms with E-state index in [0.29, 0.717) is 11.4 Å². The molecule has 0 bridgehead atoms. The van der Waals surface area contributed by atoms with Crippen LogP contribution in [0.2, 0.25) is 0 Å². The minimum Gasteiger partial charge on any atom is -0.457 e. The van der Waals surface area contributed by atoms with Gasteiger partial charge in [-0.3, -0.25) is 4.79 Å². The number of nitrogens with zero attached hydrogens (tertiary/aromatic N) is 3. The molecule has 0 radical (unpaired) electrons. The third kappa shape index (κ3) is 2.82. The van der Waals surface area contributed by atoms with Gasteiger partial charge in [-0.1, -0.05) is 12.1 Å². The first-order chi connectivity index (χ1) is 12.5. The van der Waals surface area contributed by atoms with Crippen LogP contribution >= 0.6 is 0 Å². The van der Waals surface area contributed by atoms with E-state index < -0.39 is 18.4 Å². The fraction of sp³-hybridized carbons (Fsp3) is 0.211. The van der Waals surface area contributed by atoms with Crippen LogP contribution in [0, 0.1) is 18.3 Å². The zero-order chi connectivity index (χ0) is 18.8. The van der Waals surface area contributed by atoms with Gasteiger partial charge in [0.2, 0.25) is 11.5 Å². The van der Waals surface area contributed by atoms with Crippen molar-refractivity contribution in [2.75, 3.05) is 30.5 Å². The smallest absolute Gasteiger partial charge is 0.374 e. The number of esters is 1. The molecule has 0 N–H and O–H groups in total. The van der Waals surface area contributed by atoms with Crippen LogP contribution in [0.25, 0.3) is 0 Å². The van der Waals surface area contributed by atoms with Crippen molar-refractivity contribution in [2.45, 2.75) is 6.92 Å². The summed E-state index contributed by atoms with van der Waals surface area (Å²) in [6.45, 7) is 1.16. The van der Waals surface area contributed by atoms with Crippen LogP contribution < -0.4 is 9.80 Å². The average molecular weight is 351 g/mol. The van der Waals surface area contributed by atoms with E-state index in [0.717, 1.165) is 11.4 Å². The number of para-hydroxylation sites is 2. The van der Waals surface area contributed by atoms with Gasteiger partial charge < -0.3 is 19.0 Å². The number of furan rings is 1. The van der Waals surface area contributed by atoms with Crippen LogP contribution in [0.1, 0.15) is 16.1 Å². The summed E-state index contributed by atoms with van der Waals surface area (Å²) in [4.78, 5) is 28.0. The van der Waals surface area contributed by atoms with E-state index >= 15 is 0 Å². The second kappa shape index (κ2) is 6.76. The number of nitriles is 1. The van der Waals surface area contributed by atoms with Crippen molar-refractivity contribution < 1.29 is 18.7 Å². The number of hydrogen-bond donors (Lipinski definition) is 0. The molecule has 1 aromatic carbocycles. The summed E-state index contributed by atoms with van der Waals surface area (Å²) >= 11 is 0. The third-order valence-corrected chi connectivity index (χ3v) is 4.24. The molecule has 0 spiro atoms. The first kappa shape index (κ1) is 17.3. The summed E-state index contributed by atoms with van der Waals surface area (Å²) in [5, 5.41) is 9.52. The van der Waals surface area contributed by atoms with E-state index in [1.807, 2.05) is 30.3 Å². The number of hydrogen-bond acceptors (Lipinski definition) is 7. The molecule has 0 aliphatic carbocycles. The van der Waals surface area contributed by atoms with Crippen molar-refractivity contribution in [3.8, 4) is 6.07 Å². The Hall–Kier alpha value is -3.53. The highest BCUT2D eigenvalue weighted by Crippen LogP contribution is 2.40. The largest absolute Gasteiger partial charge is 0.457 e. The van der Waals surface area contributed by atoms with Crippen molar-refractivity contribution in [2.24, 2.45) is 0 Å². The molecule has 1 aromatic heterocycles. The van der Waals surface area contributed by atoms with Crippen LogP contribution in [0.3, 0.4) is 0 Å². The highest BCUT2D eigenvalue weighted by Gasteiger charge is 2.31. The zero-order valence-electron chi connectivity index (χ0n) is 14.6. The average Bonchev–Trinajstić information content (AvgIpc) is 3.17. The van der Waals surface area contributed by atoms with Crippen LogP contribution in [0.4, 0.5) is 11.4 Å². The van der Waals surface area contributed by atoms with Crippen molar-refractivity contribution in [3.63, 3.8) is 0 Å².